The maximum Gasteiger partial charge on any atom is 0.228 e. The Morgan fingerprint density at radius 2 is 2.15 bits per heavy atom. The molecule has 0 aromatic carbocycles. The molecule has 2 aromatic heterocycles. The van der Waals surface area contributed by atoms with E-state index in [1.54, 1.807) is 18.3 Å². The fourth-order valence-electron chi connectivity index (χ4n) is 2.42. The number of fused-ring (bicyclic) bond motifs is 1. The number of hydrogen-bond donors (Lipinski definition) is 1. The van der Waals surface area contributed by atoms with Gasteiger partial charge in [0.1, 0.15) is 16.1 Å². The minimum absolute atomic E-state index is 0.0295. The lowest BCUT2D eigenvalue weighted by atomic mass is 9.74. The molecular formula is C14H13Cl2N3O. The first-order chi connectivity index (χ1) is 9.54. The third-order valence-corrected chi connectivity index (χ3v) is 4.33. The predicted molar refractivity (Wildman–Crippen MR) is 80.1 cm³/mol. The molecule has 1 amide bonds. The number of pyridine rings is 2. The van der Waals surface area contributed by atoms with Crippen LogP contribution >= 0.6 is 23.2 Å². The van der Waals surface area contributed by atoms with Gasteiger partial charge in [-0.15, -0.1) is 0 Å². The van der Waals surface area contributed by atoms with Crippen LogP contribution < -0.4 is 5.32 Å². The molecule has 0 aliphatic heterocycles. The first-order valence-electron chi connectivity index (χ1n) is 6.47. The topological polar surface area (TPSA) is 54.9 Å². The molecule has 2 unspecified atom stereocenters. The highest BCUT2D eigenvalue weighted by atomic mass is 35.5. The van der Waals surface area contributed by atoms with Gasteiger partial charge in [0.2, 0.25) is 5.91 Å². The van der Waals surface area contributed by atoms with Gasteiger partial charge in [0, 0.05) is 17.5 Å². The molecule has 104 valence electrons. The van der Waals surface area contributed by atoms with Crippen molar-refractivity contribution >= 4 is 45.7 Å². The van der Waals surface area contributed by atoms with E-state index in [4.69, 9.17) is 23.2 Å². The van der Waals surface area contributed by atoms with E-state index in [1.807, 2.05) is 0 Å². The molecule has 1 aliphatic carbocycles. The number of amides is 1. The van der Waals surface area contributed by atoms with E-state index in [9.17, 15) is 4.79 Å². The molecule has 0 saturated heterocycles. The van der Waals surface area contributed by atoms with Gasteiger partial charge in [-0.05, 0) is 36.3 Å². The summed E-state index contributed by atoms with van der Waals surface area (Å²) >= 11 is 11.9. The van der Waals surface area contributed by atoms with Crippen molar-refractivity contribution < 1.29 is 4.79 Å². The van der Waals surface area contributed by atoms with Crippen LogP contribution in [0.25, 0.3) is 10.8 Å². The van der Waals surface area contributed by atoms with Gasteiger partial charge < -0.3 is 5.32 Å². The highest BCUT2D eigenvalue weighted by Gasteiger charge is 2.33. The number of halogens is 2. The highest BCUT2D eigenvalue weighted by Crippen LogP contribution is 2.34. The van der Waals surface area contributed by atoms with Crippen molar-refractivity contribution in [2.45, 2.75) is 19.8 Å². The molecule has 1 saturated carbocycles. The quantitative estimate of drug-likeness (QED) is 0.855. The fraction of sp³-hybridized carbons (Fsp3) is 0.357. The van der Waals surface area contributed by atoms with E-state index in [-0.39, 0.29) is 11.8 Å². The summed E-state index contributed by atoms with van der Waals surface area (Å²) in [6.07, 6.45) is 3.66. The second kappa shape index (κ2) is 5.19. The van der Waals surface area contributed by atoms with Gasteiger partial charge >= 0.3 is 0 Å². The molecule has 20 heavy (non-hydrogen) atoms. The van der Waals surface area contributed by atoms with E-state index in [0.717, 1.165) is 18.2 Å². The summed E-state index contributed by atoms with van der Waals surface area (Å²) in [6, 6.07) is 3.46. The van der Waals surface area contributed by atoms with E-state index in [1.165, 1.54) is 0 Å². The Kier molecular flexibility index (Phi) is 3.52. The molecule has 2 aromatic rings. The number of anilines is 1. The van der Waals surface area contributed by atoms with Crippen LogP contribution in [0.3, 0.4) is 0 Å². The van der Waals surface area contributed by atoms with E-state index < -0.39 is 0 Å². The molecule has 3 rings (SSSR count). The Morgan fingerprint density at radius 1 is 1.35 bits per heavy atom. The zero-order chi connectivity index (χ0) is 14.3. The van der Waals surface area contributed by atoms with Crippen LogP contribution in [-0.2, 0) is 4.79 Å². The molecule has 0 bridgehead atoms. The van der Waals surface area contributed by atoms with Crippen molar-refractivity contribution in [1.29, 1.82) is 0 Å². The predicted octanol–water partition coefficient (Wildman–Crippen LogP) is 3.92. The molecule has 1 aliphatic rings. The number of nitrogens with one attached hydrogen (secondary N) is 1. The van der Waals surface area contributed by atoms with Gasteiger partial charge in [-0.3, -0.25) is 4.79 Å². The Morgan fingerprint density at radius 3 is 2.80 bits per heavy atom. The van der Waals surface area contributed by atoms with Crippen molar-refractivity contribution in [3.8, 4) is 0 Å². The zero-order valence-electron chi connectivity index (χ0n) is 10.9. The molecule has 4 nitrogen and oxygen atoms in total. The average Bonchev–Trinajstić information content (AvgIpc) is 2.36. The number of aromatic nitrogens is 2. The third-order valence-electron chi connectivity index (χ3n) is 3.85. The molecule has 1 fully saturated rings. The Balaban J connectivity index is 1.87. The van der Waals surface area contributed by atoms with Gasteiger partial charge in [0.15, 0.2) is 0 Å². The van der Waals surface area contributed by atoms with Crippen molar-refractivity contribution in [2.75, 3.05) is 5.32 Å². The molecule has 1 N–H and O–H groups in total. The van der Waals surface area contributed by atoms with Crippen LogP contribution in [0.1, 0.15) is 19.8 Å². The van der Waals surface area contributed by atoms with Gasteiger partial charge in [0.25, 0.3) is 0 Å². The van der Waals surface area contributed by atoms with Gasteiger partial charge in [-0.1, -0.05) is 30.1 Å². The average molecular weight is 310 g/mol. The van der Waals surface area contributed by atoms with Crippen molar-refractivity contribution in [3.63, 3.8) is 0 Å². The summed E-state index contributed by atoms with van der Waals surface area (Å²) in [7, 11) is 0. The van der Waals surface area contributed by atoms with Gasteiger partial charge in [-0.2, -0.15) is 0 Å². The van der Waals surface area contributed by atoms with Gasteiger partial charge in [-0.25, -0.2) is 9.97 Å². The summed E-state index contributed by atoms with van der Waals surface area (Å²) in [5.74, 6) is 1.09. The second-order valence-electron chi connectivity index (χ2n) is 5.18. The van der Waals surface area contributed by atoms with Crippen LogP contribution in [0.2, 0.25) is 10.3 Å². The van der Waals surface area contributed by atoms with E-state index in [2.05, 4.69) is 22.2 Å². The van der Waals surface area contributed by atoms with Crippen molar-refractivity contribution in [3.05, 3.63) is 28.6 Å². The SMILES string of the molecule is CC1CCC1C(=O)Nc1cc2cc(Cl)nc(Cl)c2cn1. The Labute approximate surface area is 126 Å². The van der Waals surface area contributed by atoms with Crippen LogP contribution in [0, 0.1) is 11.8 Å². The number of nitrogens with zero attached hydrogens (tertiary/aromatic N) is 2. The maximum atomic E-state index is 12.1. The maximum absolute atomic E-state index is 12.1. The smallest absolute Gasteiger partial charge is 0.228 e. The third kappa shape index (κ3) is 2.45. The molecule has 2 atom stereocenters. The molecule has 2 heterocycles. The second-order valence-corrected chi connectivity index (χ2v) is 5.92. The number of carbonyl (C=O) groups is 1. The largest absolute Gasteiger partial charge is 0.310 e. The van der Waals surface area contributed by atoms with E-state index in [0.29, 0.717) is 27.4 Å². The molecular weight excluding hydrogens is 297 g/mol. The Bertz CT molecular complexity index is 689. The first kappa shape index (κ1) is 13.6. The lowest BCUT2D eigenvalue weighted by Crippen LogP contribution is -2.35. The minimum Gasteiger partial charge on any atom is -0.310 e. The lowest BCUT2D eigenvalue weighted by Gasteiger charge is -2.32. The minimum atomic E-state index is 0.0295. The van der Waals surface area contributed by atoms with Crippen LogP contribution in [-0.4, -0.2) is 15.9 Å². The number of hydrogen-bond acceptors (Lipinski definition) is 3. The summed E-state index contributed by atoms with van der Waals surface area (Å²) in [4.78, 5) is 20.2. The van der Waals surface area contributed by atoms with Crippen LogP contribution in [0.4, 0.5) is 5.82 Å². The molecule has 0 radical (unpaired) electrons. The fourth-order valence-corrected chi connectivity index (χ4v) is 2.92. The zero-order valence-corrected chi connectivity index (χ0v) is 12.4. The summed E-state index contributed by atoms with van der Waals surface area (Å²) in [6.45, 7) is 2.09. The molecule has 0 spiro atoms. The normalized spacial score (nSPS) is 21.6. The summed E-state index contributed by atoms with van der Waals surface area (Å²) in [5, 5.41) is 5.00. The van der Waals surface area contributed by atoms with Crippen molar-refractivity contribution in [1.82, 2.24) is 9.97 Å². The van der Waals surface area contributed by atoms with Crippen LogP contribution in [0.5, 0.6) is 0 Å². The Hall–Kier alpha value is -1.39. The highest BCUT2D eigenvalue weighted by molar-refractivity contribution is 6.36. The number of rotatable bonds is 2. The van der Waals surface area contributed by atoms with E-state index >= 15 is 0 Å². The summed E-state index contributed by atoms with van der Waals surface area (Å²) < 4.78 is 0. The van der Waals surface area contributed by atoms with Gasteiger partial charge in [0.05, 0.1) is 0 Å². The first-order valence-corrected chi connectivity index (χ1v) is 7.23. The molecule has 6 heteroatoms. The van der Waals surface area contributed by atoms with Crippen molar-refractivity contribution in [2.24, 2.45) is 11.8 Å². The monoisotopic (exact) mass is 309 g/mol. The summed E-state index contributed by atoms with van der Waals surface area (Å²) in [5.41, 5.74) is 0. The lowest BCUT2D eigenvalue weighted by molar-refractivity contribution is -0.124. The number of carbonyl (C=O) groups excluding carboxylic acids is 1. The van der Waals surface area contributed by atoms with Crippen LogP contribution in [0.15, 0.2) is 18.3 Å². The standard InChI is InChI=1S/C14H13Cl2N3O/c1-7-2-3-9(7)14(20)19-12-5-8-4-11(15)18-13(16)10(8)6-17-12/h4-7,9H,2-3H2,1H3,(H,17,19,20).